The van der Waals surface area contributed by atoms with Gasteiger partial charge in [0.1, 0.15) is 5.82 Å². The summed E-state index contributed by atoms with van der Waals surface area (Å²) in [5, 5.41) is 14.1. The third kappa shape index (κ3) is 4.46. The zero-order valence-corrected chi connectivity index (χ0v) is 11.6. The van der Waals surface area contributed by atoms with E-state index in [0.717, 1.165) is 12.1 Å². The number of hydrogen-bond donors (Lipinski definition) is 2. The molecule has 0 fully saturated rings. The van der Waals surface area contributed by atoms with Crippen LogP contribution in [-0.4, -0.2) is 21.7 Å². The minimum Gasteiger partial charge on any atom is -0.365 e. The zero-order valence-electron chi connectivity index (χ0n) is 11.6. The summed E-state index contributed by atoms with van der Waals surface area (Å²) in [7, 11) is 0. The van der Waals surface area contributed by atoms with Crippen molar-refractivity contribution in [3.05, 3.63) is 41.8 Å². The van der Waals surface area contributed by atoms with Crippen LogP contribution >= 0.6 is 0 Å². The number of aromatic nitrogens is 3. The third-order valence-corrected chi connectivity index (χ3v) is 2.61. The molecule has 0 saturated carbocycles. The molecule has 1 aromatic carbocycles. The Morgan fingerprint density at radius 1 is 1.15 bits per heavy atom. The monoisotopic (exact) mass is 275 g/mol. The number of hydrogen-bond acceptors (Lipinski definition) is 5. The normalized spacial score (nSPS) is 10.6. The van der Waals surface area contributed by atoms with Crippen molar-refractivity contribution >= 4 is 11.8 Å². The van der Waals surface area contributed by atoms with E-state index < -0.39 is 0 Å². The second kappa shape index (κ2) is 6.79. The molecular weight excluding hydrogens is 257 g/mol. The molecule has 0 bridgehead atoms. The average molecular weight is 275 g/mol. The molecule has 20 heavy (non-hydrogen) atoms. The summed E-state index contributed by atoms with van der Waals surface area (Å²) in [6, 6.07) is 6.33. The summed E-state index contributed by atoms with van der Waals surface area (Å²) < 4.78 is 12.8. The number of benzene rings is 1. The van der Waals surface area contributed by atoms with Crippen LogP contribution < -0.4 is 10.6 Å². The molecule has 1 aromatic heterocycles. The highest BCUT2D eigenvalue weighted by atomic mass is 19.1. The van der Waals surface area contributed by atoms with Gasteiger partial charge < -0.3 is 10.6 Å². The molecule has 0 aliphatic heterocycles. The van der Waals surface area contributed by atoms with Gasteiger partial charge in [0.2, 0.25) is 5.95 Å². The van der Waals surface area contributed by atoms with Gasteiger partial charge in [-0.2, -0.15) is 10.1 Å². The van der Waals surface area contributed by atoms with Crippen LogP contribution in [0, 0.1) is 11.7 Å². The largest absolute Gasteiger partial charge is 0.365 e. The molecule has 5 nitrogen and oxygen atoms in total. The first-order chi connectivity index (χ1) is 9.63. The predicted octanol–water partition coefficient (Wildman–Crippen LogP) is 2.69. The Morgan fingerprint density at radius 3 is 2.60 bits per heavy atom. The number of halogens is 1. The van der Waals surface area contributed by atoms with Gasteiger partial charge in [0.15, 0.2) is 5.82 Å². The van der Waals surface area contributed by atoms with E-state index in [9.17, 15) is 4.39 Å². The Kier molecular flexibility index (Phi) is 4.81. The van der Waals surface area contributed by atoms with Crippen LogP contribution in [0.2, 0.25) is 0 Å². The molecular formula is C14H18FN5. The highest BCUT2D eigenvalue weighted by molar-refractivity contribution is 5.37. The molecule has 0 saturated heterocycles. The van der Waals surface area contributed by atoms with E-state index in [1.165, 1.54) is 12.1 Å². The average Bonchev–Trinajstić information content (AvgIpc) is 2.45. The van der Waals surface area contributed by atoms with Crippen molar-refractivity contribution in [3.8, 4) is 0 Å². The fourth-order valence-electron chi connectivity index (χ4n) is 1.55. The first kappa shape index (κ1) is 14.2. The Balaban J connectivity index is 1.92. The maximum Gasteiger partial charge on any atom is 0.244 e. The molecule has 0 unspecified atom stereocenters. The Bertz CT molecular complexity index is 542. The van der Waals surface area contributed by atoms with Gasteiger partial charge in [0.25, 0.3) is 0 Å². The molecule has 0 amide bonds. The van der Waals surface area contributed by atoms with Crippen LogP contribution in [0.25, 0.3) is 0 Å². The maximum atomic E-state index is 12.8. The Hall–Kier alpha value is -2.24. The highest BCUT2D eigenvalue weighted by Crippen LogP contribution is 2.08. The van der Waals surface area contributed by atoms with Gasteiger partial charge in [-0.15, -0.1) is 5.10 Å². The summed E-state index contributed by atoms with van der Waals surface area (Å²) >= 11 is 0. The maximum absolute atomic E-state index is 12.8. The standard InChI is InChI=1S/C14H18FN5/c1-10(2)7-17-14-19-13(9-18-20-14)16-8-11-3-5-12(15)6-4-11/h3-6,9-10H,7-8H2,1-2H3,(H2,16,17,19,20). The van der Waals surface area contributed by atoms with E-state index in [-0.39, 0.29) is 5.82 Å². The summed E-state index contributed by atoms with van der Waals surface area (Å²) in [4.78, 5) is 4.31. The van der Waals surface area contributed by atoms with Gasteiger partial charge in [-0.3, -0.25) is 0 Å². The third-order valence-electron chi connectivity index (χ3n) is 2.61. The van der Waals surface area contributed by atoms with Crippen molar-refractivity contribution in [2.45, 2.75) is 20.4 Å². The van der Waals surface area contributed by atoms with Crippen LogP contribution in [-0.2, 0) is 6.54 Å². The molecule has 0 aliphatic rings. The first-order valence-corrected chi connectivity index (χ1v) is 6.55. The van der Waals surface area contributed by atoms with Crippen LogP contribution in [0.4, 0.5) is 16.2 Å². The number of nitrogens with zero attached hydrogens (tertiary/aromatic N) is 3. The van der Waals surface area contributed by atoms with E-state index in [1.807, 2.05) is 0 Å². The van der Waals surface area contributed by atoms with Gasteiger partial charge in [-0.1, -0.05) is 26.0 Å². The fraction of sp³-hybridized carbons (Fsp3) is 0.357. The Morgan fingerprint density at radius 2 is 1.90 bits per heavy atom. The minimum absolute atomic E-state index is 0.238. The SMILES string of the molecule is CC(C)CNc1nncc(NCc2ccc(F)cc2)n1. The molecule has 0 atom stereocenters. The lowest BCUT2D eigenvalue weighted by Crippen LogP contribution is -2.12. The minimum atomic E-state index is -0.238. The molecule has 1 heterocycles. The molecule has 2 N–H and O–H groups in total. The number of anilines is 2. The first-order valence-electron chi connectivity index (χ1n) is 6.55. The lowest BCUT2D eigenvalue weighted by atomic mass is 10.2. The topological polar surface area (TPSA) is 62.7 Å². The Labute approximate surface area is 117 Å². The number of rotatable bonds is 6. The predicted molar refractivity (Wildman–Crippen MR) is 76.9 cm³/mol. The highest BCUT2D eigenvalue weighted by Gasteiger charge is 2.01. The van der Waals surface area contributed by atoms with Crippen molar-refractivity contribution in [3.63, 3.8) is 0 Å². The molecule has 2 rings (SSSR count). The quantitative estimate of drug-likeness (QED) is 0.848. The van der Waals surface area contributed by atoms with Crippen LogP contribution in [0.1, 0.15) is 19.4 Å². The fourth-order valence-corrected chi connectivity index (χ4v) is 1.55. The van der Waals surface area contributed by atoms with Gasteiger partial charge in [0, 0.05) is 13.1 Å². The van der Waals surface area contributed by atoms with Crippen molar-refractivity contribution in [1.29, 1.82) is 0 Å². The molecule has 0 aliphatic carbocycles. The van der Waals surface area contributed by atoms with E-state index in [4.69, 9.17) is 0 Å². The zero-order chi connectivity index (χ0) is 14.4. The van der Waals surface area contributed by atoms with E-state index in [2.05, 4.69) is 39.7 Å². The van der Waals surface area contributed by atoms with Crippen molar-refractivity contribution < 1.29 is 4.39 Å². The van der Waals surface area contributed by atoms with Gasteiger partial charge in [-0.25, -0.2) is 4.39 Å². The van der Waals surface area contributed by atoms with E-state index in [1.54, 1.807) is 18.3 Å². The summed E-state index contributed by atoms with van der Waals surface area (Å²) in [5.41, 5.74) is 0.974. The van der Waals surface area contributed by atoms with Crippen molar-refractivity contribution in [1.82, 2.24) is 15.2 Å². The van der Waals surface area contributed by atoms with Gasteiger partial charge >= 0.3 is 0 Å². The molecule has 106 valence electrons. The second-order valence-corrected chi connectivity index (χ2v) is 4.92. The van der Waals surface area contributed by atoms with Gasteiger partial charge in [0.05, 0.1) is 6.20 Å². The molecule has 0 spiro atoms. The van der Waals surface area contributed by atoms with E-state index in [0.29, 0.717) is 24.2 Å². The summed E-state index contributed by atoms with van der Waals surface area (Å²) in [6.45, 7) is 5.57. The van der Waals surface area contributed by atoms with Crippen molar-refractivity contribution in [2.75, 3.05) is 17.2 Å². The number of nitrogens with one attached hydrogen (secondary N) is 2. The lowest BCUT2D eigenvalue weighted by molar-refractivity contribution is 0.627. The van der Waals surface area contributed by atoms with Crippen LogP contribution in [0.15, 0.2) is 30.5 Å². The summed E-state index contributed by atoms with van der Waals surface area (Å²) in [5.74, 6) is 1.41. The molecule has 6 heteroatoms. The van der Waals surface area contributed by atoms with Crippen molar-refractivity contribution in [2.24, 2.45) is 5.92 Å². The van der Waals surface area contributed by atoms with E-state index >= 15 is 0 Å². The van der Waals surface area contributed by atoms with Crippen LogP contribution in [0.3, 0.4) is 0 Å². The lowest BCUT2D eigenvalue weighted by Gasteiger charge is -2.09. The van der Waals surface area contributed by atoms with Gasteiger partial charge in [-0.05, 0) is 23.6 Å². The molecule has 2 aromatic rings. The van der Waals surface area contributed by atoms with Crippen LogP contribution in [0.5, 0.6) is 0 Å². The summed E-state index contributed by atoms with van der Waals surface area (Å²) in [6.07, 6.45) is 1.56. The second-order valence-electron chi connectivity index (χ2n) is 4.92. The smallest absolute Gasteiger partial charge is 0.244 e. The molecule has 0 radical (unpaired) electrons.